The molecule has 0 spiro atoms. The van der Waals surface area contributed by atoms with Crippen LogP contribution in [-0.4, -0.2) is 36.2 Å². The molecule has 1 atom stereocenters. The average Bonchev–Trinajstić information content (AvgIpc) is 2.80. The minimum Gasteiger partial charge on any atom is -0.462 e. The fourth-order valence-electron chi connectivity index (χ4n) is 3.61. The fourth-order valence-corrected chi connectivity index (χ4v) is 3.91. The number of aliphatic hydroxyl groups is 1. The van der Waals surface area contributed by atoms with E-state index < -0.39 is 6.10 Å². The second-order valence-corrected chi connectivity index (χ2v) is 9.33. The van der Waals surface area contributed by atoms with Crippen molar-refractivity contribution in [1.29, 1.82) is 0 Å². The van der Waals surface area contributed by atoms with Gasteiger partial charge in [-0.1, -0.05) is 102 Å². The van der Waals surface area contributed by atoms with Crippen LogP contribution in [-0.2, 0) is 4.74 Å². The average molecular weight is 489 g/mol. The maximum atomic E-state index is 12.3. The van der Waals surface area contributed by atoms with E-state index in [0.717, 1.165) is 12.8 Å². The van der Waals surface area contributed by atoms with Crippen LogP contribution in [0.3, 0.4) is 0 Å². The zero-order valence-electron chi connectivity index (χ0n) is 19.8. The summed E-state index contributed by atoms with van der Waals surface area (Å²) >= 11 is 11.7. The molecule has 0 bridgehead atoms. The highest BCUT2D eigenvalue weighted by atomic mass is 35.5. The van der Waals surface area contributed by atoms with Gasteiger partial charge in [0.05, 0.1) is 34.9 Å². The molecule has 1 rings (SSSR count). The first-order chi connectivity index (χ1) is 15.6. The van der Waals surface area contributed by atoms with Gasteiger partial charge in [-0.2, -0.15) is 0 Å². The number of aliphatic hydroxyl groups excluding tert-OH is 1. The Kier molecular flexibility index (Phi) is 17.7. The lowest BCUT2D eigenvalue weighted by Gasteiger charge is -2.12. The highest BCUT2D eigenvalue weighted by Gasteiger charge is 2.11. The van der Waals surface area contributed by atoms with E-state index in [0.29, 0.717) is 22.9 Å². The van der Waals surface area contributed by atoms with Crippen molar-refractivity contribution in [3.63, 3.8) is 0 Å². The van der Waals surface area contributed by atoms with Gasteiger partial charge in [-0.05, 0) is 24.6 Å². The Morgan fingerprint density at radius 1 is 0.938 bits per heavy atom. The second kappa shape index (κ2) is 19.5. The predicted octanol–water partition coefficient (Wildman–Crippen LogP) is 7.99. The number of carbonyl (C=O) groups is 1. The Bertz CT molecular complexity index is 613. The van der Waals surface area contributed by atoms with Gasteiger partial charge in [-0.3, -0.25) is 0 Å². The van der Waals surface area contributed by atoms with Gasteiger partial charge in [-0.25, -0.2) is 4.79 Å². The molecule has 0 aromatic heterocycles. The van der Waals surface area contributed by atoms with Crippen molar-refractivity contribution in [3.05, 3.63) is 28.8 Å². The van der Waals surface area contributed by atoms with Crippen molar-refractivity contribution in [2.24, 2.45) is 0 Å². The van der Waals surface area contributed by atoms with Crippen LogP contribution in [0.1, 0.15) is 107 Å². The summed E-state index contributed by atoms with van der Waals surface area (Å²) in [4.78, 5) is 12.3. The normalized spacial score (nSPS) is 12.0. The maximum absolute atomic E-state index is 12.3. The largest absolute Gasteiger partial charge is 0.462 e. The number of unbranched alkanes of at least 4 members (excludes halogenated alkanes) is 13. The Hall–Kier alpha value is -0.970. The number of ether oxygens (including phenoxy) is 1. The highest BCUT2D eigenvalue weighted by Crippen LogP contribution is 2.23. The molecule has 1 aromatic carbocycles. The zero-order chi connectivity index (χ0) is 23.4. The van der Waals surface area contributed by atoms with E-state index in [2.05, 4.69) is 12.2 Å². The van der Waals surface area contributed by atoms with Gasteiger partial charge in [0.15, 0.2) is 0 Å². The fraction of sp³-hybridized carbons (Fsp3) is 0.731. The molecular formula is C26H43Cl2NO3. The number of anilines is 1. The van der Waals surface area contributed by atoms with Gasteiger partial charge in [0.25, 0.3) is 0 Å². The predicted molar refractivity (Wildman–Crippen MR) is 137 cm³/mol. The number of halogens is 2. The minimum atomic E-state index is -0.677. The van der Waals surface area contributed by atoms with Crippen LogP contribution in [0.4, 0.5) is 5.69 Å². The van der Waals surface area contributed by atoms with E-state index in [4.69, 9.17) is 27.9 Å². The van der Waals surface area contributed by atoms with Gasteiger partial charge in [0.2, 0.25) is 0 Å². The minimum absolute atomic E-state index is 0.131. The van der Waals surface area contributed by atoms with E-state index in [1.165, 1.54) is 77.0 Å². The summed E-state index contributed by atoms with van der Waals surface area (Å²) in [5.41, 5.74) is 1.03. The Labute approximate surface area is 205 Å². The van der Waals surface area contributed by atoms with Gasteiger partial charge in [-0.15, -0.1) is 11.6 Å². The monoisotopic (exact) mass is 487 g/mol. The molecule has 0 aliphatic carbocycles. The van der Waals surface area contributed by atoms with Crippen molar-refractivity contribution in [2.45, 2.75) is 103 Å². The zero-order valence-corrected chi connectivity index (χ0v) is 21.4. The molecule has 0 fully saturated rings. The van der Waals surface area contributed by atoms with Gasteiger partial charge in [0, 0.05) is 6.54 Å². The molecule has 0 aliphatic rings. The SMILES string of the molecule is CCCCCCCCCCCCCCCCOC(=O)c1ccc(Cl)c(NCC(O)CCl)c1. The molecule has 184 valence electrons. The molecule has 1 aromatic rings. The Morgan fingerprint density at radius 2 is 1.47 bits per heavy atom. The smallest absolute Gasteiger partial charge is 0.338 e. The number of benzene rings is 1. The number of esters is 1. The van der Waals surface area contributed by atoms with Gasteiger partial charge < -0.3 is 15.2 Å². The summed E-state index contributed by atoms with van der Waals surface area (Å²) in [7, 11) is 0. The van der Waals surface area contributed by atoms with Gasteiger partial charge >= 0.3 is 5.97 Å². The summed E-state index contributed by atoms with van der Waals surface area (Å²) in [5.74, 6) is -0.219. The number of alkyl halides is 1. The van der Waals surface area contributed by atoms with Crippen molar-refractivity contribution < 1.29 is 14.6 Å². The summed E-state index contributed by atoms with van der Waals surface area (Å²) in [5, 5.41) is 13.1. The molecule has 4 nitrogen and oxygen atoms in total. The van der Waals surface area contributed by atoms with Crippen LogP contribution in [0, 0.1) is 0 Å². The number of hydrogen-bond acceptors (Lipinski definition) is 4. The lowest BCUT2D eigenvalue weighted by molar-refractivity contribution is 0.0497. The Morgan fingerprint density at radius 3 is 2.00 bits per heavy atom. The first-order valence-electron chi connectivity index (χ1n) is 12.5. The number of carbonyl (C=O) groups excluding carboxylic acids is 1. The molecule has 0 saturated carbocycles. The molecule has 0 heterocycles. The summed E-state index contributed by atoms with van der Waals surface area (Å²) in [6, 6.07) is 4.95. The quantitative estimate of drug-likeness (QED) is 0.111. The molecule has 0 amide bonds. The molecule has 0 aliphatic heterocycles. The topological polar surface area (TPSA) is 58.6 Å². The third-order valence-electron chi connectivity index (χ3n) is 5.64. The summed E-state index contributed by atoms with van der Waals surface area (Å²) < 4.78 is 5.40. The van der Waals surface area contributed by atoms with Crippen LogP contribution in [0.15, 0.2) is 18.2 Å². The van der Waals surface area contributed by atoms with Crippen molar-refractivity contribution in [1.82, 2.24) is 0 Å². The molecule has 6 heteroatoms. The van der Waals surface area contributed by atoms with Crippen molar-refractivity contribution >= 4 is 34.9 Å². The second-order valence-electron chi connectivity index (χ2n) is 8.62. The maximum Gasteiger partial charge on any atom is 0.338 e. The van der Waals surface area contributed by atoms with E-state index in [1.807, 2.05) is 0 Å². The molecule has 0 saturated heterocycles. The van der Waals surface area contributed by atoms with E-state index >= 15 is 0 Å². The number of rotatable bonds is 20. The van der Waals surface area contributed by atoms with Crippen LogP contribution in [0.25, 0.3) is 0 Å². The molecule has 2 N–H and O–H groups in total. The number of hydrogen-bond donors (Lipinski definition) is 2. The summed E-state index contributed by atoms with van der Waals surface area (Å²) in [6.07, 6.45) is 17.5. The van der Waals surface area contributed by atoms with Crippen LogP contribution in [0.5, 0.6) is 0 Å². The lowest BCUT2D eigenvalue weighted by Crippen LogP contribution is -2.21. The Balaban J connectivity index is 2.04. The van der Waals surface area contributed by atoms with E-state index in [9.17, 15) is 9.90 Å². The van der Waals surface area contributed by atoms with Crippen molar-refractivity contribution in [3.8, 4) is 0 Å². The van der Waals surface area contributed by atoms with Crippen LogP contribution < -0.4 is 5.32 Å². The standard InChI is InChI=1S/C26H43Cl2NO3/c1-2-3-4-5-6-7-8-9-10-11-12-13-14-15-18-32-26(31)22-16-17-24(28)25(19-22)29-21-23(30)20-27/h16-17,19,23,29-30H,2-15,18,20-21H2,1H3. The van der Waals surface area contributed by atoms with Gasteiger partial charge in [0.1, 0.15) is 0 Å². The van der Waals surface area contributed by atoms with Crippen LogP contribution in [0.2, 0.25) is 5.02 Å². The number of nitrogens with one attached hydrogen (secondary N) is 1. The van der Waals surface area contributed by atoms with E-state index in [-0.39, 0.29) is 18.4 Å². The van der Waals surface area contributed by atoms with Crippen LogP contribution >= 0.6 is 23.2 Å². The highest BCUT2D eigenvalue weighted by molar-refractivity contribution is 6.33. The lowest BCUT2D eigenvalue weighted by atomic mass is 10.0. The first-order valence-corrected chi connectivity index (χ1v) is 13.4. The first kappa shape index (κ1) is 29.1. The molecule has 32 heavy (non-hydrogen) atoms. The van der Waals surface area contributed by atoms with Crippen molar-refractivity contribution in [2.75, 3.05) is 24.3 Å². The third-order valence-corrected chi connectivity index (χ3v) is 6.33. The molecular weight excluding hydrogens is 445 g/mol. The molecule has 0 radical (unpaired) electrons. The van der Waals surface area contributed by atoms with E-state index in [1.54, 1.807) is 18.2 Å². The third kappa shape index (κ3) is 14.2. The molecule has 1 unspecified atom stereocenters. The summed E-state index contributed by atoms with van der Waals surface area (Å²) in [6.45, 7) is 2.97.